The summed E-state index contributed by atoms with van der Waals surface area (Å²) in [5, 5.41) is 49.2. The van der Waals surface area contributed by atoms with E-state index in [9.17, 15) is 25.5 Å². The van der Waals surface area contributed by atoms with Crippen LogP contribution >= 0.6 is 0 Å². The van der Waals surface area contributed by atoms with E-state index in [1.165, 1.54) is 0 Å². The normalized spacial score (nSPS) is 56.1. The van der Waals surface area contributed by atoms with Gasteiger partial charge in [-0.2, -0.15) is 0 Å². The number of epoxide rings is 1. The Bertz CT molecular complexity index is 517. The summed E-state index contributed by atoms with van der Waals surface area (Å²) in [7, 11) is 1.60. The van der Waals surface area contributed by atoms with Gasteiger partial charge in [-0.25, -0.2) is 0 Å². The Kier molecular flexibility index (Phi) is 5.02. The summed E-state index contributed by atoms with van der Waals surface area (Å²) in [6, 6.07) is 0. The third kappa shape index (κ3) is 2.64. The number of hydrogen-bond donors (Lipinski definition) is 5. The summed E-state index contributed by atoms with van der Waals surface area (Å²) < 4.78 is 28.2. The number of aliphatic hydroxyl groups is 5. The summed E-state index contributed by atoms with van der Waals surface area (Å²) in [5.41, 5.74) is -0.815. The van der Waals surface area contributed by atoms with Gasteiger partial charge in [0.15, 0.2) is 12.6 Å². The van der Waals surface area contributed by atoms with Crippen molar-refractivity contribution in [2.24, 2.45) is 11.8 Å². The molecule has 3 aliphatic heterocycles. The molecule has 0 aromatic carbocycles. The van der Waals surface area contributed by atoms with Crippen LogP contribution in [0.5, 0.6) is 0 Å². The number of aliphatic hydroxyl groups excluding tert-OH is 5. The minimum atomic E-state index is -1.53. The highest BCUT2D eigenvalue weighted by Gasteiger charge is 2.76. The smallest absolute Gasteiger partial charge is 0.189 e. The number of fused-ring (bicyclic) bond motifs is 3. The van der Waals surface area contributed by atoms with E-state index in [0.717, 1.165) is 6.42 Å². The van der Waals surface area contributed by atoms with Gasteiger partial charge in [-0.05, 0) is 6.42 Å². The molecule has 0 amide bonds. The highest BCUT2D eigenvalue weighted by Crippen LogP contribution is 2.61. The molecule has 4 aliphatic rings. The van der Waals surface area contributed by atoms with Crippen LogP contribution in [-0.4, -0.2) is 107 Å². The number of rotatable bonds is 5. The van der Waals surface area contributed by atoms with Crippen molar-refractivity contribution in [3.8, 4) is 0 Å². The van der Waals surface area contributed by atoms with Crippen LogP contribution in [0.25, 0.3) is 0 Å². The molecule has 3 saturated heterocycles. The van der Waals surface area contributed by atoms with Crippen molar-refractivity contribution in [2.75, 3.05) is 26.9 Å². The highest BCUT2D eigenvalue weighted by molar-refractivity contribution is 5.21. The van der Waals surface area contributed by atoms with Crippen LogP contribution in [0.1, 0.15) is 6.42 Å². The predicted octanol–water partition coefficient (Wildman–Crippen LogP) is -3.06. The Labute approximate surface area is 150 Å². The van der Waals surface area contributed by atoms with Gasteiger partial charge in [-0.15, -0.1) is 0 Å². The van der Waals surface area contributed by atoms with E-state index < -0.39 is 49.2 Å². The molecule has 4 rings (SSSR count). The van der Waals surface area contributed by atoms with Gasteiger partial charge >= 0.3 is 0 Å². The molecule has 150 valence electrons. The van der Waals surface area contributed by atoms with Crippen molar-refractivity contribution >= 4 is 0 Å². The van der Waals surface area contributed by atoms with Gasteiger partial charge in [-0.1, -0.05) is 0 Å². The SMILES string of the molecule is COC1C2CCOC(OC3OC(CO)C(O)C(O)C3O)C2C2(CO)OC12. The van der Waals surface area contributed by atoms with Gasteiger partial charge in [0.25, 0.3) is 0 Å². The van der Waals surface area contributed by atoms with E-state index in [1.807, 2.05) is 0 Å². The van der Waals surface area contributed by atoms with Gasteiger partial charge < -0.3 is 49.2 Å². The molecule has 1 saturated carbocycles. The number of hydrogen-bond acceptors (Lipinski definition) is 10. The molecular weight excluding hydrogens is 352 g/mol. The van der Waals surface area contributed by atoms with Gasteiger partial charge in [0.1, 0.15) is 36.1 Å². The molecule has 0 bridgehead atoms. The van der Waals surface area contributed by atoms with E-state index in [4.69, 9.17) is 23.7 Å². The fourth-order valence-corrected chi connectivity index (χ4v) is 4.77. The summed E-state index contributed by atoms with van der Waals surface area (Å²) in [6.07, 6.45) is -7.43. The van der Waals surface area contributed by atoms with E-state index >= 15 is 0 Å². The van der Waals surface area contributed by atoms with Crippen molar-refractivity contribution in [3.63, 3.8) is 0 Å². The van der Waals surface area contributed by atoms with Crippen molar-refractivity contribution in [2.45, 2.75) is 61.2 Å². The maximum absolute atomic E-state index is 10.2. The largest absolute Gasteiger partial charge is 0.394 e. The Morgan fingerprint density at radius 1 is 1.08 bits per heavy atom. The predicted molar refractivity (Wildman–Crippen MR) is 81.7 cm³/mol. The average Bonchev–Trinajstić information content (AvgIpc) is 3.31. The van der Waals surface area contributed by atoms with Crippen LogP contribution in [0.2, 0.25) is 0 Å². The Morgan fingerprint density at radius 3 is 2.50 bits per heavy atom. The first-order valence-electron chi connectivity index (χ1n) is 8.87. The zero-order chi connectivity index (χ0) is 18.6. The lowest BCUT2D eigenvalue weighted by Crippen LogP contribution is -2.61. The van der Waals surface area contributed by atoms with E-state index in [-0.39, 0.29) is 30.7 Å². The minimum absolute atomic E-state index is 0.0505. The first-order chi connectivity index (χ1) is 12.5. The van der Waals surface area contributed by atoms with Gasteiger partial charge in [0.2, 0.25) is 0 Å². The molecule has 0 radical (unpaired) electrons. The van der Waals surface area contributed by atoms with E-state index in [2.05, 4.69) is 0 Å². The van der Waals surface area contributed by atoms with E-state index in [1.54, 1.807) is 7.11 Å². The fourth-order valence-electron chi connectivity index (χ4n) is 4.77. The molecule has 3 heterocycles. The average molecular weight is 378 g/mol. The first kappa shape index (κ1) is 18.9. The van der Waals surface area contributed by atoms with E-state index in [0.29, 0.717) is 6.61 Å². The molecule has 0 aromatic heterocycles. The van der Waals surface area contributed by atoms with Gasteiger partial charge in [-0.3, -0.25) is 0 Å². The molecule has 4 fully saturated rings. The lowest BCUT2D eigenvalue weighted by Gasteiger charge is -2.44. The quantitative estimate of drug-likeness (QED) is 0.312. The van der Waals surface area contributed by atoms with Crippen molar-refractivity contribution in [1.29, 1.82) is 0 Å². The Morgan fingerprint density at radius 2 is 1.85 bits per heavy atom. The zero-order valence-electron chi connectivity index (χ0n) is 14.4. The Balaban J connectivity index is 1.52. The highest BCUT2D eigenvalue weighted by atomic mass is 16.8. The van der Waals surface area contributed by atoms with Crippen LogP contribution in [0.4, 0.5) is 0 Å². The molecule has 0 aromatic rings. The van der Waals surface area contributed by atoms with Crippen LogP contribution in [0, 0.1) is 11.8 Å². The van der Waals surface area contributed by atoms with Crippen molar-refractivity contribution in [1.82, 2.24) is 0 Å². The molecular formula is C16H26O10. The summed E-state index contributed by atoms with van der Waals surface area (Å²) >= 11 is 0. The summed E-state index contributed by atoms with van der Waals surface area (Å²) in [4.78, 5) is 0. The Hall–Kier alpha value is -0.400. The third-order valence-corrected chi connectivity index (χ3v) is 6.18. The standard InChI is InChI=1S/C16H26O10/c1-22-12-6-2-3-23-14(8(6)16(5-18)13(12)26-16)25-15-11(21)10(20)9(19)7(4-17)24-15/h6-15,17-21H,2-5H2,1H3. The van der Waals surface area contributed by atoms with Crippen LogP contribution in [-0.2, 0) is 23.7 Å². The molecule has 10 nitrogen and oxygen atoms in total. The second kappa shape index (κ2) is 6.89. The van der Waals surface area contributed by atoms with Crippen LogP contribution in [0.3, 0.4) is 0 Å². The maximum Gasteiger partial charge on any atom is 0.189 e. The molecule has 11 unspecified atom stereocenters. The monoisotopic (exact) mass is 378 g/mol. The molecule has 1 aliphatic carbocycles. The summed E-state index contributed by atoms with van der Waals surface area (Å²) in [6.45, 7) is -0.353. The van der Waals surface area contributed by atoms with Gasteiger partial charge in [0, 0.05) is 18.9 Å². The van der Waals surface area contributed by atoms with Gasteiger partial charge in [0.05, 0.1) is 25.9 Å². The third-order valence-electron chi connectivity index (χ3n) is 6.18. The maximum atomic E-state index is 10.2. The van der Waals surface area contributed by atoms with Crippen molar-refractivity contribution in [3.05, 3.63) is 0 Å². The molecule has 5 N–H and O–H groups in total. The first-order valence-corrected chi connectivity index (χ1v) is 8.87. The lowest BCUT2D eigenvalue weighted by molar-refractivity contribution is -0.356. The fraction of sp³-hybridized carbons (Fsp3) is 1.00. The molecule has 0 spiro atoms. The number of methoxy groups -OCH3 is 1. The summed E-state index contributed by atoms with van der Waals surface area (Å²) in [5.74, 6) is -0.280. The zero-order valence-corrected chi connectivity index (χ0v) is 14.4. The van der Waals surface area contributed by atoms with Crippen molar-refractivity contribution < 1.29 is 49.2 Å². The molecule has 10 heteroatoms. The number of ether oxygens (including phenoxy) is 5. The van der Waals surface area contributed by atoms with Crippen LogP contribution in [0.15, 0.2) is 0 Å². The topological polar surface area (TPSA) is 151 Å². The minimum Gasteiger partial charge on any atom is -0.394 e. The lowest BCUT2D eigenvalue weighted by atomic mass is 9.83. The molecule has 26 heavy (non-hydrogen) atoms. The second-order valence-corrected chi connectivity index (χ2v) is 7.40. The molecule has 11 atom stereocenters. The second-order valence-electron chi connectivity index (χ2n) is 7.40. The van der Waals surface area contributed by atoms with Crippen LogP contribution < -0.4 is 0 Å².